The van der Waals surface area contributed by atoms with Crippen molar-refractivity contribution in [3.8, 4) is 11.8 Å². The lowest BCUT2D eigenvalue weighted by Crippen LogP contribution is -2.41. The van der Waals surface area contributed by atoms with Crippen molar-refractivity contribution in [3.05, 3.63) is 47.0 Å². The molecule has 12 nitrogen and oxygen atoms in total. The van der Waals surface area contributed by atoms with Crippen molar-refractivity contribution in [1.82, 2.24) is 30.2 Å². The van der Waals surface area contributed by atoms with Gasteiger partial charge in [0.2, 0.25) is 17.6 Å². The van der Waals surface area contributed by atoms with Gasteiger partial charge in [-0.25, -0.2) is 15.0 Å². The highest BCUT2D eigenvalue weighted by Crippen LogP contribution is 2.67. The van der Waals surface area contributed by atoms with Gasteiger partial charge in [-0.2, -0.15) is 0 Å². The van der Waals surface area contributed by atoms with Crippen molar-refractivity contribution in [3.63, 3.8) is 0 Å². The molecule has 222 valence electrons. The van der Waals surface area contributed by atoms with Gasteiger partial charge in [-0.15, -0.1) is 0 Å². The fourth-order valence-corrected chi connectivity index (χ4v) is 6.09. The van der Waals surface area contributed by atoms with Gasteiger partial charge >= 0.3 is 0 Å². The lowest BCUT2D eigenvalue weighted by molar-refractivity contribution is -0.132. The second-order valence-corrected chi connectivity index (χ2v) is 11.1. The smallest absolute Gasteiger partial charge is 0.229 e. The van der Waals surface area contributed by atoms with Crippen molar-refractivity contribution in [1.29, 1.82) is 0 Å². The van der Waals surface area contributed by atoms with E-state index in [0.29, 0.717) is 67.3 Å². The molecule has 2 saturated carbocycles. The average molecular weight is 595 g/mol. The molecule has 0 spiro atoms. The third kappa shape index (κ3) is 5.78. The van der Waals surface area contributed by atoms with E-state index >= 15 is 0 Å². The molecule has 2 aliphatic carbocycles. The van der Waals surface area contributed by atoms with Crippen LogP contribution in [0.2, 0.25) is 5.02 Å². The first-order valence-electron chi connectivity index (χ1n) is 14.1. The van der Waals surface area contributed by atoms with Crippen molar-refractivity contribution in [2.45, 2.75) is 56.9 Å². The first kappa shape index (κ1) is 29.7. The number of carbonyl (C=O) groups excluding carboxylic acids is 2. The average Bonchev–Trinajstić information content (AvgIpc) is 3.52. The highest BCUT2D eigenvalue weighted by Gasteiger charge is 2.75. The number of hydrogen-bond acceptors (Lipinski definition) is 9. The molecule has 2 aliphatic rings. The molecule has 42 heavy (non-hydrogen) atoms. The van der Waals surface area contributed by atoms with Gasteiger partial charge in [-0.05, 0) is 42.9 Å². The molecule has 0 bridgehead atoms. The topological polar surface area (TPSA) is 180 Å². The highest BCUT2D eigenvalue weighted by atomic mass is 35.5. The largest absolute Gasteiger partial charge is 0.389 e. The number of imidazole rings is 1. The number of anilines is 1. The fraction of sp³-hybridized carbons (Fsp3) is 0.483. The Morgan fingerprint density at radius 3 is 2.86 bits per heavy atom. The molecule has 2 aromatic heterocycles. The van der Waals surface area contributed by atoms with Crippen molar-refractivity contribution in [2.75, 3.05) is 25.5 Å². The SMILES string of the molecule is CNC(=O)[C@]12C[C@H]1[C@@H](n1cnc3c(NCc4cccc(Cl)c4)nc(C#CCCCCC(=O)NCCN)nc31)[C@@H](O)[C@H]2O. The molecule has 2 heterocycles. The van der Waals surface area contributed by atoms with Crippen molar-refractivity contribution < 1.29 is 19.8 Å². The van der Waals surface area contributed by atoms with Crippen LogP contribution in [0.25, 0.3) is 11.2 Å². The number of aliphatic hydroxyl groups is 2. The van der Waals surface area contributed by atoms with Gasteiger partial charge in [0.1, 0.15) is 6.10 Å². The van der Waals surface area contributed by atoms with Crippen LogP contribution in [0.3, 0.4) is 0 Å². The fourth-order valence-electron chi connectivity index (χ4n) is 5.87. The number of hydrogen-bond donors (Lipinski definition) is 6. The number of amides is 2. The molecule has 0 radical (unpaired) electrons. The summed E-state index contributed by atoms with van der Waals surface area (Å²) in [5.41, 5.74) is 6.24. The summed E-state index contributed by atoms with van der Waals surface area (Å²) in [5.74, 6) is 6.26. The molecule has 13 heteroatoms. The second kappa shape index (κ2) is 12.6. The zero-order valence-corrected chi connectivity index (χ0v) is 24.1. The van der Waals surface area contributed by atoms with E-state index in [-0.39, 0.29) is 23.6 Å². The molecule has 2 amide bonds. The van der Waals surface area contributed by atoms with Crippen LogP contribution in [0.4, 0.5) is 5.82 Å². The molecule has 1 aromatic carbocycles. The Labute approximate surface area is 248 Å². The Hall–Kier alpha value is -3.76. The maximum Gasteiger partial charge on any atom is 0.229 e. The van der Waals surface area contributed by atoms with E-state index in [1.54, 1.807) is 17.0 Å². The third-order valence-electron chi connectivity index (χ3n) is 8.04. The Kier molecular flexibility index (Phi) is 8.93. The zero-order valence-electron chi connectivity index (χ0n) is 23.3. The summed E-state index contributed by atoms with van der Waals surface area (Å²) in [6, 6.07) is 6.86. The first-order valence-corrected chi connectivity index (χ1v) is 14.4. The van der Waals surface area contributed by atoms with E-state index in [1.165, 1.54) is 7.05 Å². The molecule has 3 aromatic rings. The number of benzene rings is 1. The number of aromatic nitrogens is 4. The lowest BCUT2D eigenvalue weighted by Gasteiger charge is -2.23. The van der Waals surface area contributed by atoms with Crippen LogP contribution >= 0.6 is 11.6 Å². The van der Waals surface area contributed by atoms with Crippen molar-refractivity contribution in [2.24, 2.45) is 17.1 Å². The van der Waals surface area contributed by atoms with Crippen LogP contribution < -0.4 is 21.7 Å². The Morgan fingerprint density at radius 2 is 2.10 bits per heavy atom. The summed E-state index contributed by atoms with van der Waals surface area (Å²) >= 11 is 6.16. The molecule has 0 aliphatic heterocycles. The predicted molar refractivity (Wildman–Crippen MR) is 157 cm³/mol. The molecule has 5 rings (SSSR count). The molecule has 0 unspecified atom stereocenters. The van der Waals surface area contributed by atoms with Crippen LogP contribution in [-0.4, -0.2) is 73.9 Å². The summed E-state index contributed by atoms with van der Waals surface area (Å²) in [7, 11) is 1.53. The van der Waals surface area contributed by atoms with Gasteiger partial charge in [0, 0.05) is 50.5 Å². The minimum atomic E-state index is -1.20. The van der Waals surface area contributed by atoms with Crippen LogP contribution in [0.1, 0.15) is 49.5 Å². The quantitative estimate of drug-likeness (QED) is 0.140. The number of nitrogens with one attached hydrogen (secondary N) is 3. The number of fused-ring (bicyclic) bond motifs is 2. The number of aliphatic hydroxyl groups excluding tert-OH is 2. The minimum absolute atomic E-state index is 0.0267. The number of rotatable bonds is 11. The van der Waals surface area contributed by atoms with Crippen LogP contribution in [0.5, 0.6) is 0 Å². The summed E-state index contributed by atoms with van der Waals surface area (Å²) < 4.78 is 1.73. The molecule has 5 atom stereocenters. The molecule has 0 saturated heterocycles. The summed E-state index contributed by atoms with van der Waals surface area (Å²) in [6.45, 7) is 1.30. The van der Waals surface area contributed by atoms with E-state index in [0.717, 1.165) is 12.0 Å². The van der Waals surface area contributed by atoms with E-state index < -0.39 is 23.7 Å². The van der Waals surface area contributed by atoms with E-state index in [9.17, 15) is 19.8 Å². The van der Waals surface area contributed by atoms with Gasteiger partial charge in [0.25, 0.3) is 0 Å². The van der Waals surface area contributed by atoms with E-state index in [2.05, 4.69) is 42.7 Å². The number of halogens is 1. The summed E-state index contributed by atoms with van der Waals surface area (Å²) in [4.78, 5) is 38.3. The standard InChI is InChI=1S/C29H35ClN8O4/c1-32-28(42)29-14-19(29)23(24(40)25(29)41)38-16-35-22-26(34-15-17-7-6-8-18(30)13-17)36-20(37-27(22)38)9-4-2-3-5-10-21(39)33-12-11-31/h6-8,13,16,19,23-25,40-41H,2-3,5,10-12,14-15,31H2,1H3,(H,32,42)(H,33,39)(H,34,36,37)/t19-,23+,24+,25+,29+/m0/s1. The number of nitrogens with zero attached hydrogens (tertiary/aromatic N) is 4. The number of unbranched alkanes of at least 4 members (excludes halogenated alkanes) is 2. The first-order chi connectivity index (χ1) is 20.3. The van der Waals surface area contributed by atoms with Gasteiger partial charge in [0.05, 0.1) is 23.9 Å². The van der Waals surface area contributed by atoms with Crippen LogP contribution in [-0.2, 0) is 16.1 Å². The summed E-state index contributed by atoms with van der Waals surface area (Å²) in [6.07, 6.45) is 2.04. The second-order valence-electron chi connectivity index (χ2n) is 10.7. The summed E-state index contributed by atoms with van der Waals surface area (Å²) in [5, 5.41) is 31.2. The van der Waals surface area contributed by atoms with Crippen LogP contribution in [0, 0.1) is 23.2 Å². The molecule has 7 N–H and O–H groups in total. The van der Waals surface area contributed by atoms with Gasteiger partial charge in [-0.1, -0.05) is 29.7 Å². The molecular weight excluding hydrogens is 560 g/mol. The van der Waals surface area contributed by atoms with Crippen molar-refractivity contribution >= 4 is 40.4 Å². The predicted octanol–water partition coefficient (Wildman–Crippen LogP) is 1.11. The van der Waals surface area contributed by atoms with Gasteiger partial charge in [-0.3, -0.25) is 9.59 Å². The Balaban J connectivity index is 1.40. The van der Waals surface area contributed by atoms with Crippen LogP contribution in [0.15, 0.2) is 30.6 Å². The van der Waals surface area contributed by atoms with E-state index in [1.807, 2.05) is 18.2 Å². The third-order valence-corrected chi connectivity index (χ3v) is 8.27. The van der Waals surface area contributed by atoms with Gasteiger partial charge in [0.15, 0.2) is 17.0 Å². The maximum absolute atomic E-state index is 12.6. The Bertz CT molecular complexity index is 1530. The van der Waals surface area contributed by atoms with E-state index in [4.69, 9.17) is 17.3 Å². The maximum atomic E-state index is 12.6. The number of carbonyl (C=O) groups is 2. The normalized spacial score (nSPS) is 24.0. The lowest BCUT2D eigenvalue weighted by atomic mass is 9.98. The monoisotopic (exact) mass is 594 g/mol. The Morgan fingerprint density at radius 1 is 1.26 bits per heavy atom. The minimum Gasteiger partial charge on any atom is -0.389 e. The zero-order chi connectivity index (χ0) is 29.9. The van der Waals surface area contributed by atoms with Gasteiger partial charge < -0.3 is 36.5 Å². The number of nitrogens with two attached hydrogens (primary N) is 1. The highest BCUT2D eigenvalue weighted by molar-refractivity contribution is 6.30. The molecule has 2 fully saturated rings. The molecular formula is C29H35ClN8O4.